The fraction of sp³-hybridized carbons (Fsp3) is 0.208. The van der Waals surface area contributed by atoms with Gasteiger partial charge in [0.05, 0.1) is 25.0 Å². The molecule has 0 aliphatic heterocycles. The van der Waals surface area contributed by atoms with Crippen LogP contribution in [0.15, 0.2) is 69.8 Å². The fourth-order valence-electron chi connectivity index (χ4n) is 2.78. The number of thiocarbonyl (C=S) groups is 1. The lowest BCUT2D eigenvalue weighted by Gasteiger charge is -2.14. The van der Waals surface area contributed by atoms with Crippen LogP contribution in [0.1, 0.15) is 40.3 Å². The zero-order valence-electron chi connectivity index (χ0n) is 18.2. The Balaban J connectivity index is 1.56. The molecule has 0 aliphatic rings. The second-order valence-electron chi connectivity index (χ2n) is 7.59. The van der Waals surface area contributed by atoms with E-state index in [0.717, 1.165) is 4.47 Å². The number of nitrogens with one attached hydrogen (secondary N) is 3. The molecule has 172 valence electrons. The Morgan fingerprint density at radius 3 is 2.52 bits per heavy atom. The summed E-state index contributed by atoms with van der Waals surface area (Å²) in [6, 6.07) is 15.5. The molecule has 0 aliphatic carbocycles. The van der Waals surface area contributed by atoms with Crippen LogP contribution in [0.5, 0.6) is 5.75 Å². The molecule has 2 amide bonds. The first-order valence-corrected chi connectivity index (χ1v) is 11.5. The van der Waals surface area contributed by atoms with Gasteiger partial charge in [0.25, 0.3) is 11.8 Å². The minimum Gasteiger partial charge on any atom is -0.492 e. The number of ether oxygens (including phenoxy) is 1. The van der Waals surface area contributed by atoms with Crippen LogP contribution in [-0.4, -0.2) is 23.5 Å². The highest BCUT2D eigenvalue weighted by atomic mass is 79.9. The average Bonchev–Trinajstić information content (AvgIpc) is 3.30. The predicted molar refractivity (Wildman–Crippen MR) is 134 cm³/mol. The number of carbonyl (C=O) groups is 2. The van der Waals surface area contributed by atoms with E-state index in [1.165, 1.54) is 0 Å². The van der Waals surface area contributed by atoms with Gasteiger partial charge in [0.2, 0.25) is 0 Å². The van der Waals surface area contributed by atoms with Crippen LogP contribution >= 0.6 is 28.1 Å². The third-order valence-electron chi connectivity index (χ3n) is 4.39. The normalized spacial score (nSPS) is 10.5. The Morgan fingerprint density at radius 2 is 1.85 bits per heavy atom. The zero-order valence-corrected chi connectivity index (χ0v) is 20.6. The van der Waals surface area contributed by atoms with Crippen molar-refractivity contribution in [3.8, 4) is 5.75 Å². The van der Waals surface area contributed by atoms with Gasteiger partial charge >= 0.3 is 0 Å². The SMILES string of the molecule is CC(C)COc1ccc(Br)cc1C(=O)NC(=S)Nc1ccc(C(=O)NCc2ccco2)cc1. The maximum absolute atomic E-state index is 12.8. The quantitative estimate of drug-likeness (QED) is 0.350. The molecule has 3 aromatic rings. The summed E-state index contributed by atoms with van der Waals surface area (Å²) in [6.45, 7) is 4.86. The largest absolute Gasteiger partial charge is 0.492 e. The van der Waals surface area contributed by atoms with Gasteiger partial charge in [-0.25, -0.2) is 0 Å². The van der Waals surface area contributed by atoms with Crippen LogP contribution in [0, 0.1) is 5.92 Å². The number of hydrogen-bond acceptors (Lipinski definition) is 5. The molecule has 1 heterocycles. The van der Waals surface area contributed by atoms with Gasteiger partial charge in [-0.05, 0) is 72.7 Å². The standard InChI is InChI=1S/C24H24BrN3O4S/c1-15(2)14-32-21-10-7-17(25)12-20(21)23(30)28-24(33)27-18-8-5-16(6-9-18)22(29)26-13-19-4-3-11-31-19/h3-12,15H,13-14H2,1-2H3,(H,26,29)(H2,27,28,30,33). The Labute approximate surface area is 206 Å². The molecular weight excluding hydrogens is 506 g/mol. The highest BCUT2D eigenvalue weighted by Gasteiger charge is 2.15. The summed E-state index contributed by atoms with van der Waals surface area (Å²) < 4.78 is 11.7. The number of halogens is 1. The lowest BCUT2D eigenvalue weighted by atomic mass is 10.2. The van der Waals surface area contributed by atoms with Crippen LogP contribution < -0.4 is 20.7 Å². The minimum atomic E-state index is -0.388. The van der Waals surface area contributed by atoms with E-state index in [-0.39, 0.29) is 16.9 Å². The van der Waals surface area contributed by atoms with Crippen molar-refractivity contribution in [1.29, 1.82) is 0 Å². The van der Waals surface area contributed by atoms with Gasteiger partial charge < -0.3 is 19.8 Å². The monoisotopic (exact) mass is 529 g/mol. The molecule has 0 spiro atoms. The van der Waals surface area contributed by atoms with E-state index in [0.29, 0.717) is 47.4 Å². The molecule has 0 saturated heterocycles. The van der Waals surface area contributed by atoms with Crippen molar-refractivity contribution >= 4 is 50.8 Å². The maximum atomic E-state index is 12.8. The molecule has 0 radical (unpaired) electrons. The third kappa shape index (κ3) is 7.44. The van der Waals surface area contributed by atoms with Gasteiger partial charge in [0, 0.05) is 15.7 Å². The molecule has 2 aromatic carbocycles. The molecule has 1 aromatic heterocycles. The van der Waals surface area contributed by atoms with Gasteiger partial charge in [0.1, 0.15) is 11.5 Å². The second-order valence-corrected chi connectivity index (χ2v) is 8.92. The van der Waals surface area contributed by atoms with Crippen molar-refractivity contribution in [2.75, 3.05) is 11.9 Å². The number of carbonyl (C=O) groups excluding carboxylic acids is 2. The number of furan rings is 1. The predicted octanol–water partition coefficient (Wildman–Crippen LogP) is 5.13. The van der Waals surface area contributed by atoms with Crippen molar-refractivity contribution in [3.05, 3.63) is 82.2 Å². The van der Waals surface area contributed by atoms with Gasteiger partial charge in [-0.15, -0.1) is 0 Å². The van der Waals surface area contributed by atoms with E-state index in [2.05, 4.69) is 31.9 Å². The number of hydrogen-bond donors (Lipinski definition) is 3. The van der Waals surface area contributed by atoms with E-state index in [4.69, 9.17) is 21.4 Å². The highest BCUT2D eigenvalue weighted by Crippen LogP contribution is 2.24. The van der Waals surface area contributed by atoms with Crippen molar-refractivity contribution < 1.29 is 18.7 Å². The van der Waals surface area contributed by atoms with E-state index in [1.807, 2.05) is 19.9 Å². The van der Waals surface area contributed by atoms with Crippen molar-refractivity contribution in [1.82, 2.24) is 10.6 Å². The first-order chi connectivity index (χ1) is 15.8. The van der Waals surface area contributed by atoms with Crippen LogP contribution in [0.3, 0.4) is 0 Å². The first kappa shape index (κ1) is 24.5. The summed E-state index contributed by atoms with van der Waals surface area (Å²) in [5, 5.41) is 8.52. The smallest absolute Gasteiger partial charge is 0.261 e. The molecule has 0 atom stereocenters. The van der Waals surface area contributed by atoms with Crippen LogP contribution in [0.4, 0.5) is 5.69 Å². The molecule has 0 bridgehead atoms. The maximum Gasteiger partial charge on any atom is 0.261 e. The van der Waals surface area contributed by atoms with E-state index in [9.17, 15) is 9.59 Å². The molecule has 33 heavy (non-hydrogen) atoms. The van der Waals surface area contributed by atoms with E-state index >= 15 is 0 Å². The molecule has 3 rings (SSSR count). The van der Waals surface area contributed by atoms with Crippen LogP contribution in [0.25, 0.3) is 0 Å². The summed E-state index contributed by atoms with van der Waals surface area (Å²) in [5.74, 6) is 0.865. The number of rotatable bonds is 8. The van der Waals surface area contributed by atoms with Crippen molar-refractivity contribution in [2.24, 2.45) is 5.92 Å². The Bertz CT molecular complexity index is 1120. The van der Waals surface area contributed by atoms with Gasteiger partial charge in [-0.2, -0.15) is 0 Å². The number of anilines is 1. The molecular formula is C24H24BrN3O4S. The fourth-order valence-corrected chi connectivity index (χ4v) is 3.35. The van der Waals surface area contributed by atoms with Crippen LogP contribution in [0.2, 0.25) is 0 Å². The number of amides is 2. The minimum absolute atomic E-state index is 0.129. The summed E-state index contributed by atoms with van der Waals surface area (Å²) >= 11 is 8.66. The Hall–Kier alpha value is -3.17. The van der Waals surface area contributed by atoms with Crippen molar-refractivity contribution in [2.45, 2.75) is 20.4 Å². The van der Waals surface area contributed by atoms with E-state index < -0.39 is 0 Å². The lowest BCUT2D eigenvalue weighted by molar-refractivity contribution is 0.0945. The van der Waals surface area contributed by atoms with E-state index in [1.54, 1.807) is 54.8 Å². The van der Waals surface area contributed by atoms with Gasteiger partial charge in [-0.1, -0.05) is 29.8 Å². The topological polar surface area (TPSA) is 92.6 Å². The third-order valence-corrected chi connectivity index (χ3v) is 5.09. The van der Waals surface area contributed by atoms with Crippen molar-refractivity contribution in [3.63, 3.8) is 0 Å². The number of benzene rings is 2. The second kappa shape index (κ2) is 11.6. The highest BCUT2D eigenvalue weighted by molar-refractivity contribution is 9.10. The molecule has 9 heteroatoms. The molecule has 0 fully saturated rings. The van der Waals surface area contributed by atoms with Crippen LogP contribution in [-0.2, 0) is 6.54 Å². The molecule has 7 nitrogen and oxygen atoms in total. The summed E-state index contributed by atoms with van der Waals surface area (Å²) in [6.07, 6.45) is 1.56. The zero-order chi connectivity index (χ0) is 23.8. The Kier molecular flexibility index (Phi) is 8.62. The Morgan fingerprint density at radius 1 is 1.09 bits per heavy atom. The first-order valence-electron chi connectivity index (χ1n) is 10.3. The average molecular weight is 530 g/mol. The van der Waals surface area contributed by atoms with Gasteiger partial charge in [0.15, 0.2) is 5.11 Å². The summed E-state index contributed by atoms with van der Waals surface area (Å²) in [7, 11) is 0. The lowest BCUT2D eigenvalue weighted by Crippen LogP contribution is -2.34. The summed E-state index contributed by atoms with van der Waals surface area (Å²) in [5.41, 5.74) is 1.49. The molecule has 0 unspecified atom stereocenters. The molecule has 3 N–H and O–H groups in total. The van der Waals surface area contributed by atoms with Gasteiger partial charge in [-0.3, -0.25) is 14.9 Å². The molecule has 0 saturated carbocycles. The summed E-state index contributed by atoms with van der Waals surface area (Å²) in [4.78, 5) is 25.0.